The molecule has 0 radical (unpaired) electrons. The normalized spacial score (nSPS) is 23.6. The molecule has 1 nitrogen and oxygen atoms in total. The number of halogens is 1. The second kappa shape index (κ2) is 9.81. The van der Waals surface area contributed by atoms with Crippen LogP contribution in [0.3, 0.4) is 0 Å². The molecule has 0 aliphatic heterocycles. The van der Waals surface area contributed by atoms with Crippen molar-refractivity contribution in [1.82, 2.24) is 0 Å². The average molecular weight is 407 g/mol. The Morgan fingerprint density at radius 2 is 1.83 bits per heavy atom. The number of rotatable bonds is 7. The molecule has 0 spiro atoms. The summed E-state index contributed by atoms with van der Waals surface area (Å²) in [6.45, 7) is 6.69. The molecule has 0 amide bonds. The minimum absolute atomic E-state index is 0.00273. The lowest BCUT2D eigenvalue weighted by Gasteiger charge is -2.29. The Morgan fingerprint density at radius 3 is 2.57 bits per heavy atom. The number of ether oxygens (including phenoxy) is 1. The molecule has 2 heteroatoms. The van der Waals surface area contributed by atoms with Crippen LogP contribution in [-0.2, 0) is 12.8 Å². The molecular formula is C28H35FO. The number of hydrogen-bond donors (Lipinski definition) is 0. The zero-order valence-corrected chi connectivity index (χ0v) is 18.3. The van der Waals surface area contributed by atoms with Crippen LogP contribution in [0.4, 0.5) is 4.39 Å². The van der Waals surface area contributed by atoms with Crippen LogP contribution < -0.4 is 4.74 Å². The summed E-state index contributed by atoms with van der Waals surface area (Å²) in [5.74, 6) is 2.63. The van der Waals surface area contributed by atoms with E-state index in [4.69, 9.17) is 4.74 Å². The molecule has 2 aliphatic rings. The molecule has 1 atom stereocenters. The van der Waals surface area contributed by atoms with Crippen molar-refractivity contribution < 1.29 is 9.13 Å². The van der Waals surface area contributed by atoms with Crippen LogP contribution in [0, 0.1) is 11.7 Å². The van der Waals surface area contributed by atoms with E-state index in [1.807, 2.05) is 12.1 Å². The van der Waals surface area contributed by atoms with Gasteiger partial charge in [-0.2, -0.15) is 0 Å². The first-order valence-electron chi connectivity index (χ1n) is 11.8. The molecule has 2 aromatic rings. The Hall–Kier alpha value is -2.09. The number of benzene rings is 2. The number of hydrogen-bond acceptors (Lipinski definition) is 1. The maximum Gasteiger partial charge on any atom is 0.126 e. The van der Waals surface area contributed by atoms with Crippen LogP contribution in [0.15, 0.2) is 49.1 Å². The smallest absolute Gasteiger partial charge is 0.126 e. The average Bonchev–Trinajstić information content (AvgIpc) is 2.79. The van der Waals surface area contributed by atoms with Crippen molar-refractivity contribution >= 4 is 0 Å². The molecule has 4 rings (SSSR count). The fourth-order valence-corrected chi connectivity index (χ4v) is 5.38. The van der Waals surface area contributed by atoms with Crippen LogP contribution in [0.5, 0.6) is 5.75 Å². The third-order valence-electron chi connectivity index (χ3n) is 7.36. The summed E-state index contributed by atoms with van der Waals surface area (Å²) >= 11 is 0. The van der Waals surface area contributed by atoms with Crippen LogP contribution in [0.2, 0.25) is 0 Å². The predicted molar refractivity (Wildman–Crippen MR) is 123 cm³/mol. The van der Waals surface area contributed by atoms with Gasteiger partial charge >= 0.3 is 0 Å². The van der Waals surface area contributed by atoms with E-state index < -0.39 is 0 Å². The zero-order chi connectivity index (χ0) is 20.9. The lowest BCUT2D eigenvalue weighted by molar-refractivity contribution is 0.318. The summed E-state index contributed by atoms with van der Waals surface area (Å²) < 4.78 is 20.9. The molecule has 0 aromatic heterocycles. The van der Waals surface area contributed by atoms with Gasteiger partial charge < -0.3 is 4.74 Å². The molecule has 30 heavy (non-hydrogen) atoms. The van der Waals surface area contributed by atoms with E-state index in [1.54, 1.807) is 0 Å². The van der Waals surface area contributed by atoms with E-state index >= 15 is 4.39 Å². The van der Waals surface area contributed by atoms with Crippen molar-refractivity contribution in [3.05, 3.63) is 77.1 Å². The SMILES string of the molecule is C=CCCOc1ccc2c(c1)CCC(c1ccc(C3CCC(CC)CC3)cc1F)C2. The van der Waals surface area contributed by atoms with Crippen molar-refractivity contribution in [3.63, 3.8) is 0 Å². The van der Waals surface area contributed by atoms with E-state index in [-0.39, 0.29) is 11.7 Å². The first-order chi connectivity index (χ1) is 14.7. The van der Waals surface area contributed by atoms with Crippen molar-refractivity contribution in [2.24, 2.45) is 5.92 Å². The number of fused-ring (bicyclic) bond motifs is 1. The highest BCUT2D eigenvalue weighted by Gasteiger charge is 2.25. The molecule has 1 fully saturated rings. The van der Waals surface area contributed by atoms with Crippen LogP contribution in [0.25, 0.3) is 0 Å². The highest BCUT2D eigenvalue weighted by atomic mass is 19.1. The van der Waals surface area contributed by atoms with Gasteiger partial charge in [-0.3, -0.25) is 0 Å². The topological polar surface area (TPSA) is 9.23 Å². The quantitative estimate of drug-likeness (QED) is 0.337. The van der Waals surface area contributed by atoms with E-state index in [0.29, 0.717) is 12.5 Å². The molecule has 0 N–H and O–H groups in total. The Balaban J connectivity index is 1.42. The van der Waals surface area contributed by atoms with Crippen molar-refractivity contribution in [1.29, 1.82) is 0 Å². The van der Waals surface area contributed by atoms with E-state index in [0.717, 1.165) is 42.9 Å². The van der Waals surface area contributed by atoms with Crippen LogP contribution >= 0.6 is 0 Å². The lowest BCUT2D eigenvalue weighted by atomic mass is 9.76. The highest BCUT2D eigenvalue weighted by Crippen LogP contribution is 2.39. The van der Waals surface area contributed by atoms with Gasteiger partial charge in [-0.05, 0) is 110 Å². The Labute approximate surface area is 181 Å². The minimum atomic E-state index is 0.00273. The molecule has 0 bridgehead atoms. The highest BCUT2D eigenvalue weighted by molar-refractivity contribution is 5.40. The van der Waals surface area contributed by atoms with Gasteiger partial charge in [0, 0.05) is 0 Å². The molecule has 0 saturated heterocycles. The Morgan fingerprint density at radius 1 is 1.00 bits per heavy atom. The maximum absolute atomic E-state index is 15.1. The second-order valence-corrected chi connectivity index (χ2v) is 9.20. The van der Waals surface area contributed by atoms with E-state index in [9.17, 15) is 0 Å². The fourth-order valence-electron chi connectivity index (χ4n) is 5.38. The molecule has 1 saturated carbocycles. The summed E-state index contributed by atoms with van der Waals surface area (Å²) in [5, 5.41) is 0. The number of aryl methyl sites for hydroxylation is 1. The molecule has 2 aliphatic carbocycles. The van der Waals surface area contributed by atoms with Crippen molar-refractivity contribution in [2.45, 2.75) is 76.5 Å². The maximum atomic E-state index is 15.1. The van der Waals surface area contributed by atoms with E-state index in [2.05, 4.69) is 43.8 Å². The third-order valence-corrected chi connectivity index (χ3v) is 7.36. The van der Waals surface area contributed by atoms with Gasteiger partial charge in [-0.15, -0.1) is 6.58 Å². The monoisotopic (exact) mass is 406 g/mol. The molecule has 0 heterocycles. The summed E-state index contributed by atoms with van der Waals surface area (Å²) in [7, 11) is 0. The van der Waals surface area contributed by atoms with Crippen molar-refractivity contribution in [2.75, 3.05) is 6.61 Å². The molecule has 160 valence electrons. The Bertz CT molecular complexity index is 863. The molecule has 1 unspecified atom stereocenters. The summed E-state index contributed by atoms with van der Waals surface area (Å²) in [6, 6.07) is 12.5. The lowest BCUT2D eigenvalue weighted by Crippen LogP contribution is -2.15. The van der Waals surface area contributed by atoms with Crippen LogP contribution in [0.1, 0.15) is 86.0 Å². The predicted octanol–water partition coefficient (Wildman–Crippen LogP) is 7.74. The van der Waals surface area contributed by atoms with Gasteiger partial charge in [0.25, 0.3) is 0 Å². The van der Waals surface area contributed by atoms with E-state index in [1.165, 1.54) is 48.8 Å². The van der Waals surface area contributed by atoms with Gasteiger partial charge in [-0.1, -0.05) is 37.6 Å². The summed E-state index contributed by atoms with van der Waals surface area (Å²) in [6.07, 6.45) is 11.9. The van der Waals surface area contributed by atoms with Gasteiger partial charge in [0.15, 0.2) is 0 Å². The largest absolute Gasteiger partial charge is 0.493 e. The first-order valence-corrected chi connectivity index (χ1v) is 11.8. The minimum Gasteiger partial charge on any atom is -0.493 e. The van der Waals surface area contributed by atoms with Gasteiger partial charge in [0.1, 0.15) is 11.6 Å². The second-order valence-electron chi connectivity index (χ2n) is 9.20. The van der Waals surface area contributed by atoms with Crippen molar-refractivity contribution in [3.8, 4) is 5.75 Å². The zero-order valence-electron chi connectivity index (χ0n) is 18.3. The van der Waals surface area contributed by atoms with Gasteiger partial charge in [0.05, 0.1) is 6.61 Å². The third kappa shape index (κ3) is 4.79. The first kappa shape index (κ1) is 21.2. The van der Waals surface area contributed by atoms with Gasteiger partial charge in [-0.25, -0.2) is 4.39 Å². The Kier molecular flexibility index (Phi) is 6.92. The summed E-state index contributed by atoms with van der Waals surface area (Å²) in [4.78, 5) is 0. The molecular weight excluding hydrogens is 371 g/mol. The summed E-state index contributed by atoms with van der Waals surface area (Å²) in [5.41, 5.74) is 4.80. The molecule has 2 aromatic carbocycles. The van der Waals surface area contributed by atoms with Crippen LogP contribution in [-0.4, -0.2) is 6.61 Å². The fraction of sp³-hybridized carbons (Fsp3) is 0.500. The standard InChI is InChI=1S/C28H35FO/c1-3-5-16-30-26-14-12-22-17-25(11-10-23(22)18-26)27-15-13-24(19-28(27)29)21-8-6-20(4-2)7-9-21/h3,12-15,18-21,25H,1,4-11,16-17H2,2H3. The van der Waals surface area contributed by atoms with Gasteiger partial charge in [0.2, 0.25) is 0 Å².